The molecule has 0 amide bonds. The van der Waals surface area contributed by atoms with E-state index < -0.39 is 20.9 Å². The highest BCUT2D eigenvalue weighted by molar-refractivity contribution is 7.90. The first-order valence-electron chi connectivity index (χ1n) is 5.51. The molecular weight excluding hydrogens is 228 g/mol. The van der Waals surface area contributed by atoms with Crippen molar-refractivity contribution >= 4 is 10.0 Å². The minimum atomic E-state index is -3.41. The molecule has 0 aliphatic carbocycles. The first kappa shape index (κ1) is 13.9. The quantitative estimate of drug-likeness (QED) is 0.730. The SMILES string of the molecule is CN[C@@]1(C)[C@H](C(C)C)[C@@H](CO)S(=O)(=O)N1C. The van der Waals surface area contributed by atoms with E-state index in [-0.39, 0.29) is 18.4 Å². The molecule has 3 atom stereocenters. The molecule has 16 heavy (non-hydrogen) atoms. The standard InChI is InChI=1S/C10H22N2O3S/c1-7(2)9-8(6-13)16(14,15)12(5)10(9,3)11-4/h7-9,11,13H,6H2,1-5H3/t8-,9-,10-/m1/s1. The van der Waals surface area contributed by atoms with E-state index in [1.165, 1.54) is 4.31 Å². The van der Waals surface area contributed by atoms with Crippen LogP contribution in [-0.4, -0.2) is 49.4 Å². The van der Waals surface area contributed by atoms with Crippen molar-refractivity contribution < 1.29 is 13.5 Å². The predicted octanol–water partition coefficient (Wildman–Crippen LogP) is -0.170. The van der Waals surface area contributed by atoms with Crippen LogP contribution in [0.3, 0.4) is 0 Å². The lowest BCUT2D eigenvalue weighted by molar-refractivity contribution is 0.0980. The zero-order valence-corrected chi connectivity index (χ0v) is 11.4. The zero-order chi connectivity index (χ0) is 12.7. The number of hydrogen-bond donors (Lipinski definition) is 2. The van der Waals surface area contributed by atoms with Gasteiger partial charge in [0.05, 0.1) is 12.3 Å². The summed E-state index contributed by atoms with van der Waals surface area (Å²) in [4.78, 5) is 0. The summed E-state index contributed by atoms with van der Waals surface area (Å²) in [6.45, 7) is 5.51. The van der Waals surface area contributed by atoms with E-state index in [9.17, 15) is 13.5 Å². The highest BCUT2D eigenvalue weighted by Crippen LogP contribution is 2.42. The molecule has 1 fully saturated rings. The van der Waals surface area contributed by atoms with E-state index >= 15 is 0 Å². The fraction of sp³-hybridized carbons (Fsp3) is 1.00. The molecule has 0 aromatic heterocycles. The molecule has 0 aromatic carbocycles. The van der Waals surface area contributed by atoms with Gasteiger partial charge in [0.15, 0.2) is 0 Å². The van der Waals surface area contributed by atoms with Gasteiger partial charge < -0.3 is 10.4 Å². The molecule has 1 rings (SSSR count). The molecule has 1 aliphatic heterocycles. The second-order valence-corrected chi connectivity index (χ2v) is 7.08. The Balaban J connectivity index is 3.32. The topological polar surface area (TPSA) is 69.6 Å². The number of nitrogens with one attached hydrogen (secondary N) is 1. The van der Waals surface area contributed by atoms with Crippen LogP contribution >= 0.6 is 0 Å². The molecule has 1 saturated heterocycles. The molecule has 6 heteroatoms. The molecule has 5 nitrogen and oxygen atoms in total. The Hall–Kier alpha value is -0.170. The second-order valence-electron chi connectivity index (χ2n) is 4.90. The zero-order valence-electron chi connectivity index (χ0n) is 10.6. The third kappa shape index (κ3) is 1.68. The molecule has 0 unspecified atom stereocenters. The van der Waals surface area contributed by atoms with Crippen molar-refractivity contribution in [1.82, 2.24) is 9.62 Å². The summed E-state index contributed by atoms with van der Waals surface area (Å²) in [5.41, 5.74) is -0.625. The number of sulfonamides is 1. The Kier molecular flexibility index (Phi) is 3.69. The molecule has 2 N–H and O–H groups in total. The summed E-state index contributed by atoms with van der Waals surface area (Å²) in [6.07, 6.45) is 0. The summed E-state index contributed by atoms with van der Waals surface area (Å²) in [5.74, 6) is 0.0480. The molecular formula is C10H22N2O3S. The van der Waals surface area contributed by atoms with Crippen LogP contribution in [-0.2, 0) is 10.0 Å². The van der Waals surface area contributed by atoms with Crippen molar-refractivity contribution in [3.63, 3.8) is 0 Å². The average Bonchev–Trinajstić information content (AvgIpc) is 2.36. The van der Waals surface area contributed by atoms with Crippen LogP contribution in [0.5, 0.6) is 0 Å². The van der Waals surface area contributed by atoms with Gasteiger partial charge in [0.1, 0.15) is 5.25 Å². The van der Waals surface area contributed by atoms with Gasteiger partial charge in [-0.3, -0.25) is 0 Å². The lowest BCUT2D eigenvalue weighted by Gasteiger charge is -2.37. The maximum atomic E-state index is 12.1. The molecule has 1 heterocycles. The predicted molar refractivity (Wildman–Crippen MR) is 63.3 cm³/mol. The van der Waals surface area contributed by atoms with Crippen molar-refractivity contribution in [2.24, 2.45) is 11.8 Å². The average molecular weight is 250 g/mol. The molecule has 1 aliphatic rings. The van der Waals surface area contributed by atoms with Gasteiger partial charge in [-0.1, -0.05) is 13.8 Å². The highest BCUT2D eigenvalue weighted by atomic mass is 32.2. The van der Waals surface area contributed by atoms with E-state index in [0.717, 1.165) is 0 Å². The van der Waals surface area contributed by atoms with Crippen LogP contribution in [0.1, 0.15) is 20.8 Å². The van der Waals surface area contributed by atoms with Crippen LogP contribution in [0.4, 0.5) is 0 Å². The summed E-state index contributed by atoms with van der Waals surface area (Å²) in [7, 11) is -0.0914. The summed E-state index contributed by atoms with van der Waals surface area (Å²) in [6, 6.07) is 0. The van der Waals surface area contributed by atoms with Crippen molar-refractivity contribution in [2.45, 2.75) is 31.7 Å². The molecule has 0 aromatic rings. The Bertz CT molecular complexity index is 355. The van der Waals surface area contributed by atoms with E-state index in [2.05, 4.69) is 5.32 Å². The Morgan fingerprint density at radius 3 is 2.31 bits per heavy atom. The lowest BCUT2D eigenvalue weighted by Crippen LogP contribution is -2.55. The summed E-state index contributed by atoms with van der Waals surface area (Å²) >= 11 is 0. The number of hydrogen-bond acceptors (Lipinski definition) is 4. The van der Waals surface area contributed by atoms with Crippen LogP contribution in [0.25, 0.3) is 0 Å². The van der Waals surface area contributed by atoms with Gasteiger partial charge >= 0.3 is 0 Å². The van der Waals surface area contributed by atoms with Gasteiger partial charge in [-0.25, -0.2) is 8.42 Å². The monoisotopic (exact) mass is 250 g/mol. The van der Waals surface area contributed by atoms with Crippen LogP contribution in [0.15, 0.2) is 0 Å². The van der Waals surface area contributed by atoms with Crippen molar-refractivity contribution in [2.75, 3.05) is 20.7 Å². The third-order valence-corrected chi connectivity index (χ3v) is 6.22. The fourth-order valence-corrected chi connectivity index (χ4v) is 5.12. The maximum Gasteiger partial charge on any atom is 0.221 e. The number of nitrogens with zero attached hydrogens (tertiary/aromatic N) is 1. The highest BCUT2D eigenvalue weighted by Gasteiger charge is 2.58. The van der Waals surface area contributed by atoms with E-state index in [0.29, 0.717) is 0 Å². The fourth-order valence-electron chi connectivity index (χ4n) is 2.83. The van der Waals surface area contributed by atoms with Gasteiger partial charge in [0.2, 0.25) is 10.0 Å². The van der Waals surface area contributed by atoms with Crippen LogP contribution < -0.4 is 5.32 Å². The smallest absolute Gasteiger partial charge is 0.221 e. The van der Waals surface area contributed by atoms with Gasteiger partial charge in [0, 0.05) is 13.0 Å². The number of aliphatic hydroxyl groups is 1. The third-order valence-electron chi connectivity index (χ3n) is 3.87. The minimum Gasteiger partial charge on any atom is -0.395 e. The second kappa shape index (κ2) is 4.25. The normalized spacial score (nSPS) is 39.4. The van der Waals surface area contributed by atoms with Gasteiger partial charge in [-0.15, -0.1) is 0 Å². The first-order chi connectivity index (χ1) is 7.23. The molecule has 0 radical (unpaired) electrons. The summed E-state index contributed by atoms with van der Waals surface area (Å²) in [5, 5.41) is 11.7. The minimum absolute atomic E-state index is 0.127. The van der Waals surface area contributed by atoms with E-state index in [1.807, 2.05) is 20.8 Å². The Labute approximate surface area is 97.9 Å². The van der Waals surface area contributed by atoms with Crippen LogP contribution in [0, 0.1) is 11.8 Å². The first-order valence-corrected chi connectivity index (χ1v) is 7.01. The van der Waals surface area contributed by atoms with Crippen molar-refractivity contribution in [3.05, 3.63) is 0 Å². The van der Waals surface area contributed by atoms with Crippen molar-refractivity contribution in [3.8, 4) is 0 Å². The summed E-state index contributed by atoms with van der Waals surface area (Å²) < 4.78 is 25.6. The Morgan fingerprint density at radius 2 is 2.00 bits per heavy atom. The molecule has 0 saturated carbocycles. The number of aliphatic hydroxyl groups excluding tert-OH is 1. The lowest BCUT2D eigenvalue weighted by atomic mass is 9.81. The molecule has 0 bridgehead atoms. The van der Waals surface area contributed by atoms with Gasteiger partial charge in [0.25, 0.3) is 0 Å². The largest absolute Gasteiger partial charge is 0.395 e. The molecule has 96 valence electrons. The Morgan fingerprint density at radius 1 is 1.50 bits per heavy atom. The number of rotatable bonds is 3. The van der Waals surface area contributed by atoms with Crippen LogP contribution in [0.2, 0.25) is 0 Å². The molecule has 0 spiro atoms. The van der Waals surface area contributed by atoms with Gasteiger partial charge in [-0.05, 0) is 19.9 Å². The van der Waals surface area contributed by atoms with Crippen molar-refractivity contribution in [1.29, 1.82) is 0 Å². The van der Waals surface area contributed by atoms with Gasteiger partial charge in [-0.2, -0.15) is 4.31 Å². The maximum absolute atomic E-state index is 12.1. The van der Waals surface area contributed by atoms with E-state index in [1.54, 1.807) is 14.1 Å². The van der Waals surface area contributed by atoms with E-state index in [4.69, 9.17) is 0 Å².